The van der Waals surface area contributed by atoms with Gasteiger partial charge in [0, 0.05) is 46.9 Å². The van der Waals surface area contributed by atoms with Gasteiger partial charge in [0.05, 0.1) is 12.2 Å². The average Bonchev–Trinajstić information content (AvgIpc) is 2.92. The summed E-state index contributed by atoms with van der Waals surface area (Å²) in [7, 11) is 0. The van der Waals surface area contributed by atoms with E-state index in [1.54, 1.807) is 30.3 Å². The van der Waals surface area contributed by atoms with Crippen molar-refractivity contribution in [1.82, 2.24) is 5.32 Å². The number of rotatable bonds is 9. The molecule has 0 spiro atoms. The van der Waals surface area contributed by atoms with Crippen LogP contribution in [0.5, 0.6) is 11.5 Å². The van der Waals surface area contributed by atoms with Gasteiger partial charge in [-0.3, -0.25) is 9.59 Å². The van der Waals surface area contributed by atoms with Gasteiger partial charge in [0.15, 0.2) is 23.1 Å². The number of Topliss-reactive ketones (excluding diaryl/α,β-unsaturated/α-hetero) is 2. The smallest absolute Gasteiger partial charge is 0.335 e. The molecule has 0 saturated carbocycles. The van der Waals surface area contributed by atoms with Crippen LogP contribution in [0.3, 0.4) is 0 Å². The number of aromatic carboxylic acids is 1. The van der Waals surface area contributed by atoms with Gasteiger partial charge in [0.1, 0.15) is 6.61 Å². The molecule has 0 bridgehead atoms. The standard InChI is InChI=1S/C32H33NO6/c1-3-7-21-16-22(17-27(38-4-2)31(21)39-18-19-12-14-20(15-13-19)32(36)37)28-29-23(8-5-10-25(29)34)33-24-9-6-11-26(35)30(24)28/h3,12-17,28,33H,1,4-11,18H2,2H3,(H,36,37). The third-order valence-electron chi connectivity index (χ3n) is 7.53. The Kier molecular flexibility index (Phi) is 7.68. The summed E-state index contributed by atoms with van der Waals surface area (Å²) >= 11 is 0. The molecule has 0 amide bonds. The molecule has 202 valence electrons. The van der Waals surface area contributed by atoms with Crippen molar-refractivity contribution in [3.05, 3.63) is 93.8 Å². The summed E-state index contributed by atoms with van der Waals surface area (Å²) in [6, 6.07) is 10.5. The zero-order chi connectivity index (χ0) is 27.5. The van der Waals surface area contributed by atoms with Crippen molar-refractivity contribution in [2.45, 2.75) is 64.4 Å². The van der Waals surface area contributed by atoms with Gasteiger partial charge in [-0.15, -0.1) is 6.58 Å². The normalized spacial score (nSPS) is 17.4. The molecule has 1 heterocycles. The van der Waals surface area contributed by atoms with E-state index >= 15 is 0 Å². The van der Waals surface area contributed by atoms with Crippen LogP contribution in [0.15, 0.2) is 71.6 Å². The Morgan fingerprint density at radius 1 is 1.00 bits per heavy atom. The fourth-order valence-corrected chi connectivity index (χ4v) is 5.80. The number of carboxylic acids is 1. The maximum absolute atomic E-state index is 13.3. The first kappa shape index (κ1) is 26.5. The SMILES string of the molecule is C=CCc1cc(C2C3=C(CCCC3=O)NC3=C2C(=O)CCC3)cc(OCC)c1OCc1ccc(C(=O)O)cc1. The van der Waals surface area contributed by atoms with Crippen LogP contribution in [0.25, 0.3) is 0 Å². The molecule has 3 aliphatic rings. The third kappa shape index (κ3) is 5.26. The van der Waals surface area contributed by atoms with E-state index in [9.17, 15) is 19.5 Å². The van der Waals surface area contributed by atoms with E-state index < -0.39 is 11.9 Å². The van der Waals surface area contributed by atoms with Crippen LogP contribution >= 0.6 is 0 Å². The van der Waals surface area contributed by atoms with Gasteiger partial charge in [0.25, 0.3) is 0 Å². The number of hydrogen-bond donors (Lipinski definition) is 2. The molecule has 2 aliphatic carbocycles. The molecule has 0 aromatic heterocycles. The third-order valence-corrected chi connectivity index (χ3v) is 7.53. The molecule has 2 aromatic carbocycles. The van der Waals surface area contributed by atoms with E-state index in [2.05, 4.69) is 11.9 Å². The van der Waals surface area contributed by atoms with Crippen LogP contribution in [-0.2, 0) is 22.6 Å². The Balaban J connectivity index is 1.58. The molecule has 2 N–H and O–H groups in total. The molecule has 7 nitrogen and oxygen atoms in total. The van der Waals surface area contributed by atoms with Crippen molar-refractivity contribution in [2.24, 2.45) is 0 Å². The lowest BCUT2D eigenvalue weighted by Crippen LogP contribution is -2.36. The Labute approximate surface area is 228 Å². The van der Waals surface area contributed by atoms with Crippen LogP contribution in [0.2, 0.25) is 0 Å². The van der Waals surface area contributed by atoms with E-state index in [0.29, 0.717) is 48.5 Å². The van der Waals surface area contributed by atoms with Gasteiger partial charge in [-0.2, -0.15) is 0 Å². The number of ketones is 2. The molecular formula is C32H33NO6. The highest BCUT2D eigenvalue weighted by molar-refractivity contribution is 6.06. The molecule has 7 heteroatoms. The molecule has 0 radical (unpaired) electrons. The fourth-order valence-electron chi connectivity index (χ4n) is 5.80. The van der Waals surface area contributed by atoms with Crippen LogP contribution in [0, 0.1) is 0 Å². The van der Waals surface area contributed by atoms with Crippen LogP contribution in [0.1, 0.15) is 78.4 Å². The van der Waals surface area contributed by atoms with Crippen molar-refractivity contribution in [1.29, 1.82) is 0 Å². The number of allylic oxidation sites excluding steroid dienone is 5. The largest absolute Gasteiger partial charge is 0.490 e. The summed E-state index contributed by atoms with van der Waals surface area (Å²) in [5.74, 6) is -0.114. The number of hydrogen-bond acceptors (Lipinski definition) is 6. The van der Waals surface area contributed by atoms with Gasteiger partial charge in [0.2, 0.25) is 0 Å². The lowest BCUT2D eigenvalue weighted by molar-refractivity contribution is -0.117. The molecule has 0 saturated heterocycles. The van der Waals surface area contributed by atoms with E-state index in [0.717, 1.165) is 53.8 Å². The predicted octanol–water partition coefficient (Wildman–Crippen LogP) is 5.79. The molecule has 1 aliphatic heterocycles. The van der Waals surface area contributed by atoms with Crippen LogP contribution in [-0.4, -0.2) is 29.2 Å². The molecule has 0 unspecified atom stereocenters. The molecule has 0 fully saturated rings. The minimum atomic E-state index is -0.979. The number of carboxylic acid groups (broad SMARTS) is 1. The van der Waals surface area contributed by atoms with Crippen molar-refractivity contribution < 1.29 is 29.0 Å². The van der Waals surface area contributed by atoms with Gasteiger partial charge in [-0.05, 0) is 68.4 Å². The summed E-state index contributed by atoms with van der Waals surface area (Å²) in [6.07, 6.45) is 6.45. The summed E-state index contributed by atoms with van der Waals surface area (Å²) in [4.78, 5) is 37.7. The zero-order valence-corrected chi connectivity index (χ0v) is 22.2. The lowest BCUT2D eigenvalue weighted by atomic mass is 9.71. The highest BCUT2D eigenvalue weighted by atomic mass is 16.5. The van der Waals surface area contributed by atoms with Crippen LogP contribution < -0.4 is 14.8 Å². The van der Waals surface area contributed by atoms with Gasteiger partial charge >= 0.3 is 5.97 Å². The Hall–Kier alpha value is -4.13. The Morgan fingerprint density at radius 2 is 1.64 bits per heavy atom. The Morgan fingerprint density at radius 3 is 2.21 bits per heavy atom. The molecule has 39 heavy (non-hydrogen) atoms. The highest BCUT2D eigenvalue weighted by Gasteiger charge is 2.40. The fraction of sp³-hybridized carbons (Fsp3) is 0.344. The number of benzene rings is 2. The van der Waals surface area contributed by atoms with E-state index in [4.69, 9.17) is 9.47 Å². The second-order valence-electron chi connectivity index (χ2n) is 10.1. The first-order chi connectivity index (χ1) is 18.9. The van der Waals surface area contributed by atoms with Crippen molar-refractivity contribution in [3.8, 4) is 11.5 Å². The molecule has 0 atom stereocenters. The van der Waals surface area contributed by atoms with Crippen molar-refractivity contribution in [2.75, 3.05) is 6.61 Å². The lowest BCUT2D eigenvalue weighted by Gasteiger charge is -2.37. The topological polar surface area (TPSA) is 102 Å². The minimum Gasteiger partial charge on any atom is -0.490 e. The number of dihydropyridines is 1. The summed E-state index contributed by atoms with van der Waals surface area (Å²) in [6.45, 7) is 6.45. The number of nitrogens with one attached hydrogen (secondary N) is 1. The molecule has 2 aromatic rings. The minimum absolute atomic E-state index is 0.0899. The Bertz CT molecular complexity index is 1360. The predicted molar refractivity (Wildman–Crippen MR) is 147 cm³/mol. The monoisotopic (exact) mass is 527 g/mol. The van der Waals surface area contributed by atoms with Crippen molar-refractivity contribution in [3.63, 3.8) is 0 Å². The first-order valence-corrected chi connectivity index (χ1v) is 13.6. The van der Waals surface area contributed by atoms with Gasteiger partial charge in [-0.25, -0.2) is 4.79 Å². The number of carbonyl (C=O) groups is 3. The summed E-state index contributed by atoms with van der Waals surface area (Å²) < 4.78 is 12.3. The summed E-state index contributed by atoms with van der Waals surface area (Å²) in [5.41, 5.74) is 6.02. The first-order valence-electron chi connectivity index (χ1n) is 13.6. The molecular weight excluding hydrogens is 494 g/mol. The quantitative estimate of drug-likeness (QED) is 0.398. The highest BCUT2D eigenvalue weighted by Crippen LogP contribution is 2.47. The second kappa shape index (κ2) is 11.3. The second-order valence-corrected chi connectivity index (χ2v) is 10.1. The zero-order valence-electron chi connectivity index (χ0n) is 22.2. The maximum atomic E-state index is 13.3. The van der Waals surface area contributed by atoms with Crippen molar-refractivity contribution >= 4 is 17.5 Å². The van der Waals surface area contributed by atoms with E-state index in [1.165, 1.54) is 0 Å². The van der Waals surface area contributed by atoms with Gasteiger partial charge < -0.3 is 19.9 Å². The van der Waals surface area contributed by atoms with E-state index in [1.807, 2.05) is 19.1 Å². The van der Waals surface area contributed by atoms with E-state index in [-0.39, 0.29) is 23.7 Å². The summed E-state index contributed by atoms with van der Waals surface area (Å²) in [5, 5.41) is 12.6. The molecule has 5 rings (SSSR count). The number of ether oxygens (including phenoxy) is 2. The van der Waals surface area contributed by atoms with Gasteiger partial charge in [-0.1, -0.05) is 24.3 Å². The average molecular weight is 528 g/mol. The van der Waals surface area contributed by atoms with Crippen LogP contribution in [0.4, 0.5) is 0 Å². The maximum Gasteiger partial charge on any atom is 0.335 e. The number of carbonyl (C=O) groups excluding carboxylic acids is 2.